The molecule has 0 aromatic heterocycles. The quantitative estimate of drug-likeness (QED) is 0.743. The minimum Gasteiger partial charge on any atom is -0.304 e. The van der Waals surface area contributed by atoms with Crippen LogP contribution in [0, 0.1) is 11.3 Å². The van der Waals surface area contributed by atoms with Crippen LogP contribution in [0.2, 0.25) is 0 Å². The van der Waals surface area contributed by atoms with Crippen molar-refractivity contribution in [2.45, 2.75) is 0 Å². The zero-order valence-electron chi connectivity index (χ0n) is 10.6. The summed E-state index contributed by atoms with van der Waals surface area (Å²) < 4.78 is 0. The molecule has 0 atom stereocenters. The molecule has 1 aromatic rings. The Morgan fingerprint density at radius 2 is 2.06 bits per heavy atom. The number of ketones is 1. The third-order valence-electron chi connectivity index (χ3n) is 3.28. The van der Waals surface area contributed by atoms with Crippen molar-refractivity contribution in [1.82, 2.24) is 9.80 Å². The first-order valence-electron chi connectivity index (χ1n) is 6.13. The summed E-state index contributed by atoms with van der Waals surface area (Å²) in [5.74, 6) is 0.0941. The van der Waals surface area contributed by atoms with E-state index in [4.69, 9.17) is 5.26 Å². The van der Waals surface area contributed by atoms with Crippen LogP contribution in [0.25, 0.3) is 0 Å². The zero-order valence-corrected chi connectivity index (χ0v) is 10.6. The summed E-state index contributed by atoms with van der Waals surface area (Å²) in [5, 5.41) is 8.82. The van der Waals surface area contributed by atoms with Crippen molar-refractivity contribution in [1.29, 1.82) is 5.26 Å². The van der Waals surface area contributed by atoms with Gasteiger partial charge < -0.3 is 4.90 Å². The summed E-state index contributed by atoms with van der Waals surface area (Å²) >= 11 is 0. The van der Waals surface area contributed by atoms with Crippen LogP contribution >= 0.6 is 0 Å². The van der Waals surface area contributed by atoms with E-state index in [1.54, 1.807) is 24.3 Å². The molecule has 0 saturated carbocycles. The van der Waals surface area contributed by atoms with Crippen LogP contribution in [0.4, 0.5) is 0 Å². The Balaban J connectivity index is 1.97. The molecule has 0 unspecified atom stereocenters. The van der Waals surface area contributed by atoms with Crippen molar-refractivity contribution in [3.63, 3.8) is 0 Å². The lowest BCUT2D eigenvalue weighted by molar-refractivity contribution is 0.0876. The molecular weight excluding hydrogens is 226 g/mol. The van der Waals surface area contributed by atoms with Gasteiger partial charge in [0.15, 0.2) is 5.78 Å². The summed E-state index contributed by atoms with van der Waals surface area (Å²) in [4.78, 5) is 16.5. The van der Waals surface area contributed by atoms with Crippen LogP contribution < -0.4 is 0 Å². The lowest BCUT2D eigenvalue weighted by Crippen LogP contribution is -2.46. The number of nitriles is 1. The van der Waals surface area contributed by atoms with E-state index in [1.807, 2.05) is 0 Å². The first-order valence-corrected chi connectivity index (χ1v) is 6.13. The van der Waals surface area contributed by atoms with Crippen molar-refractivity contribution >= 4 is 5.78 Å². The lowest BCUT2D eigenvalue weighted by Gasteiger charge is -2.31. The third kappa shape index (κ3) is 3.16. The number of rotatable bonds is 3. The summed E-state index contributed by atoms with van der Waals surface area (Å²) in [5.41, 5.74) is 1.17. The van der Waals surface area contributed by atoms with Crippen LogP contribution in [-0.4, -0.2) is 55.4 Å². The second-order valence-electron chi connectivity index (χ2n) is 4.70. The molecule has 1 aliphatic heterocycles. The predicted octanol–water partition coefficient (Wildman–Crippen LogP) is 0.988. The Kier molecular flexibility index (Phi) is 4.08. The van der Waals surface area contributed by atoms with E-state index in [0.29, 0.717) is 17.7 Å². The van der Waals surface area contributed by atoms with Crippen molar-refractivity contribution in [2.75, 3.05) is 39.8 Å². The number of likely N-dealkylation sites (N-methyl/N-ethyl adjacent to an activating group) is 1. The lowest BCUT2D eigenvalue weighted by atomic mass is 10.1. The Morgan fingerprint density at radius 3 is 2.72 bits per heavy atom. The van der Waals surface area contributed by atoms with E-state index >= 15 is 0 Å². The topological polar surface area (TPSA) is 47.3 Å². The third-order valence-corrected chi connectivity index (χ3v) is 3.28. The Hall–Kier alpha value is -1.70. The van der Waals surface area contributed by atoms with Gasteiger partial charge in [-0.2, -0.15) is 5.26 Å². The fourth-order valence-electron chi connectivity index (χ4n) is 2.06. The highest BCUT2D eigenvalue weighted by atomic mass is 16.1. The van der Waals surface area contributed by atoms with Crippen LogP contribution in [0.15, 0.2) is 24.3 Å². The fourth-order valence-corrected chi connectivity index (χ4v) is 2.06. The number of Topliss-reactive ketones (excluding diaryl/α,β-unsaturated/α-hetero) is 1. The van der Waals surface area contributed by atoms with Gasteiger partial charge in [-0.25, -0.2) is 0 Å². The average Bonchev–Trinajstić information content (AvgIpc) is 2.41. The average molecular weight is 243 g/mol. The first kappa shape index (κ1) is 12.7. The molecule has 94 valence electrons. The standard InChI is InChI=1S/C14H17N3O/c1-16-5-7-17(8-6-16)11-14(18)13-4-2-3-12(9-13)10-15/h2-4,9H,5-8,11H2,1H3. The van der Waals surface area contributed by atoms with Crippen molar-refractivity contribution in [2.24, 2.45) is 0 Å². The Bertz CT molecular complexity index is 470. The normalized spacial score (nSPS) is 17.3. The molecule has 0 aliphatic carbocycles. The van der Waals surface area contributed by atoms with Gasteiger partial charge in [0.25, 0.3) is 0 Å². The van der Waals surface area contributed by atoms with E-state index < -0.39 is 0 Å². The van der Waals surface area contributed by atoms with E-state index in [1.165, 1.54) is 0 Å². The molecule has 18 heavy (non-hydrogen) atoms. The molecule has 1 aliphatic rings. The molecule has 0 spiro atoms. The highest BCUT2D eigenvalue weighted by Gasteiger charge is 2.17. The van der Waals surface area contributed by atoms with Gasteiger partial charge in [0.1, 0.15) is 0 Å². The molecule has 0 radical (unpaired) electrons. The molecule has 1 heterocycles. The molecular formula is C14H17N3O. The molecule has 1 saturated heterocycles. The monoisotopic (exact) mass is 243 g/mol. The Labute approximate surface area is 107 Å². The van der Waals surface area contributed by atoms with Crippen molar-refractivity contribution in [3.8, 4) is 6.07 Å². The largest absolute Gasteiger partial charge is 0.304 e. The maximum atomic E-state index is 12.1. The number of piperazine rings is 1. The van der Waals surface area contributed by atoms with Crippen LogP contribution in [0.5, 0.6) is 0 Å². The number of carbonyl (C=O) groups excluding carboxylic acids is 1. The van der Waals surface area contributed by atoms with Gasteiger partial charge in [-0.1, -0.05) is 12.1 Å². The maximum absolute atomic E-state index is 12.1. The maximum Gasteiger partial charge on any atom is 0.176 e. The van der Waals surface area contributed by atoms with Gasteiger partial charge in [-0.3, -0.25) is 9.69 Å². The number of benzene rings is 1. The number of hydrogen-bond acceptors (Lipinski definition) is 4. The predicted molar refractivity (Wildman–Crippen MR) is 69.4 cm³/mol. The van der Waals surface area contributed by atoms with Gasteiger partial charge in [-0.05, 0) is 19.2 Å². The molecule has 4 nitrogen and oxygen atoms in total. The highest BCUT2D eigenvalue weighted by molar-refractivity contribution is 5.97. The van der Waals surface area contributed by atoms with Crippen molar-refractivity contribution < 1.29 is 4.79 Å². The summed E-state index contributed by atoms with van der Waals surface area (Å²) in [6.45, 7) is 4.32. The van der Waals surface area contributed by atoms with Gasteiger partial charge >= 0.3 is 0 Å². The van der Waals surface area contributed by atoms with Gasteiger partial charge in [0.05, 0.1) is 18.2 Å². The summed E-state index contributed by atoms with van der Waals surface area (Å²) in [6, 6.07) is 8.98. The van der Waals surface area contributed by atoms with E-state index in [9.17, 15) is 4.79 Å². The number of nitrogens with zero attached hydrogens (tertiary/aromatic N) is 3. The number of carbonyl (C=O) groups is 1. The van der Waals surface area contributed by atoms with Crippen molar-refractivity contribution in [3.05, 3.63) is 35.4 Å². The second kappa shape index (κ2) is 5.76. The Morgan fingerprint density at radius 1 is 1.33 bits per heavy atom. The summed E-state index contributed by atoms with van der Waals surface area (Å²) in [7, 11) is 2.09. The van der Waals surface area contributed by atoms with E-state index in [0.717, 1.165) is 26.2 Å². The highest BCUT2D eigenvalue weighted by Crippen LogP contribution is 2.07. The van der Waals surface area contributed by atoms with E-state index in [-0.39, 0.29) is 5.78 Å². The molecule has 0 amide bonds. The molecule has 0 N–H and O–H groups in total. The number of hydrogen-bond donors (Lipinski definition) is 0. The molecule has 1 aromatic carbocycles. The summed E-state index contributed by atoms with van der Waals surface area (Å²) in [6.07, 6.45) is 0. The molecule has 4 heteroatoms. The van der Waals surface area contributed by atoms with Crippen LogP contribution in [0.1, 0.15) is 15.9 Å². The molecule has 2 rings (SSSR count). The van der Waals surface area contributed by atoms with Gasteiger partial charge in [0, 0.05) is 31.7 Å². The zero-order chi connectivity index (χ0) is 13.0. The van der Waals surface area contributed by atoms with Crippen LogP contribution in [0.3, 0.4) is 0 Å². The van der Waals surface area contributed by atoms with Crippen LogP contribution in [-0.2, 0) is 0 Å². The van der Waals surface area contributed by atoms with E-state index in [2.05, 4.69) is 22.9 Å². The smallest absolute Gasteiger partial charge is 0.176 e. The fraction of sp³-hybridized carbons (Fsp3) is 0.429. The van der Waals surface area contributed by atoms with Gasteiger partial charge in [-0.15, -0.1) is 0 Å². The first-order chi connectivity index (χ1) is 8.69. The molecule has 1 fully saturated rings. The second-order valence-corrected chi connectivity index (χ2v) is 4.70. The van der Waals surface area contributed by atoms with Gasteiger partial charge in [0.2, 0.25) is 0 Å². The molecule has 0 bridgehead atoms. The minimum absolute atomic E-state index is 0.0941. The minimum atomic E-state index is 0.0941. The SMILES string of the molecule is CN1CCN(CC(=O)c2cccc(C#N)c2)CC1.